The van der Waals surface area contributed by atoms with Crippen LogP contribution in [0.2, 0.25) is 0 Å². The van der Waals surface area contributed by atoms with Crippen molar-refractivity contribution in [2.75, 3.05) is 6.79 Å². The number of hydrogen-bond donors (Lipinski definition) is 1. The summed E-state index contributed by atoms with van der Waals surface area (Å²) in [6.07, 6.45) is 1.66. The zero-order chi connectivity index (χ0) is 18.2. The number of carbonyl (C=O) groups is 1. The molecule has 0 radical (unpaired) electrons. The minimum atomic E-state index is -4.79. The molecule has 10 heteroatoms. The summed E-state index contributed by atoms with van der Waals surface area (Å²) in [7, 11) is -4.79. The van der Waals surface area contributed by atoms with Crippen LogP contribution in [0, 0.1) is 10.2 Å². The standard InChI is InChI=1S/C15H16ClNO8/c1-3-13(18)17-14-6-9-5-11-12(23-8-22-11)7-10(9)15(4-2,24-14)25-16(19,20)21/h5-7H,3-4,8H2,1-2H3,(H,17,18). The molecule has 3 rings (SSSR count). The molecule has 0 spiro atoms. The molecule has 0 saturated carbocycles. The summed E-state index contributed by atoms with van der Waals surface area (Å²) < 4.78 is 54.6. The molecule has 0 aliphatic carbocycles. The third kappa shape index (κ3) is 3.51. The third-order valence-electron chi connectivity index (χ3n) is 3.78. The molecule has 25 heavy (non-hydrogen) atoms. The maximum absolute atomic E-state index is 11.7. The molecule has 0 aromatic heterocycles. The number of benzene rings is 1. The summed E-state index contributed by atoms with van der Waals surface area (Å²) in [4.78, 5) is 11.7. The van der Waals surface area contributed by atoms with Gasteiger partial charge in [-0.15, -0.1) is 0 Å². The average Bonchev–Trinajstić information content (AvgIpc) is 2.98. The Hall–Kier alpha value is -2.04. The molecule has 1 aromatic carbocycles. The lowest BCUT2D eigenvalue weighted by Gasteiger charge is -2.34. The fourth-order valence-corrected chi connectivity index (χ4v) is 3.15. The molecule has 2 aliphatic rings. The Balaban J connectivity index is 2.10. The van der Waals surface area contributed by atoms with E-state index < -0.39 is 16.0 Å². The van der Waals surface area contributed by atoms with Gasteiger partial charge in [-0.1, -0.05) is 13.8 Å². The highest BCUT2D eigenvalue weighted by molar-refractivity contribution is 5.79. The lowest BCUT2D eigenvalue weighted by atomic mass is 9.94. The Kier molecular flexibility index (Phi) is 4.52. The molecule has 0 bridgehead atoms. The van der Waals surface area contributed by atoms with Gasteiger partial charge in [-0.25, -0.2) is 0 Å². The summed E-state index contributed by atoms with van der Waals surface area (Å²) in [5.74, 6) is -1.48. The minimum Gasteiger partial charge on any atom is -0.454 e. The van der Waals surface area contributed by atoms with Crippen LogP contribution in [0.5, 0.6) is 11.5 Å². The largest absolute Gasteiger partial charge is 0.454 e. The van der Waals surface area contributed by atoms with E-state index >= 15 is 0 Å². The molecule has 1 N–H and O–H groups in total. The molecule has 1 aromatic rings. The summed E-state index contributed by atoms with van der Waals surface area (Å²) >= 11 is 0. The Morgan fingerprint density at radius 3 is 2.56 bits per heavy atom. The van der Waals surface area contributed by atoms with E-state index in [2.05, 4.69) is 5.32 Å². The Labute approximate surface area is 145 Å². The number of hydrogen-bond acceptors (Lipinski definition) is 8. The molecular weight excluding hydrogens is 358 g/mol. The summed E-state index contributed by atoms with van der Waals surface area (Å²) in [6.45, 7) is 3.25. The molecule has 1 atom stereocenters. The van der Waals surface area contributed by atoms with Gasteiger partial charge in [0.2, 0.25) is 12.7 Å². The second-order valence-corrected chi connectivity index (χ2v) is 6.28. The Bertz CT molecular complexity index is 729. The average molecular weight is 374 g/mol. The van der Waals surface area contributed by atoms with Crippen molar-refractivity contribution in [1.82, 2.24) is 5.32 Å². The lowest BCUT2D eigenvalue weighted by Crippen LogP contribution is -2.64. The smallest absolute Gasteiger partial charge is 0.389 e. The van der Waals surface area contributed by atoms with Gasteiger partial charge < -0.3 is 14.2 Å². The lowest BCUT2D eigenvalue weighted by molar-refractivity contribution is -1.92. The maximum Gasteiger partial charge on any atom is 0.389 e. The van der Waals surface area contributed by atoms with E-state index in [1.54, 1.807) is 19.9 Å². The zero-order valence-electron chi connectivity index (χ0n) is 13.5. The Morgan fingerprint density at radius 1 is 1.28 bits per heavy atom. The van der Waals surface area contributed by atoms with Crippen molar-refractivity contribution < 1.29 is 47.5 Å². The van der Waals surface area contributed by atoms with Gasteiger partial charge in [0.05, 0.1) is 15.8 Å². The second kappa shape index (κ2) is 6.36. The van der Waals surface area contributed by atoms with Gasteiger partial charge in [-0.2, -0.15) is 14.0 Å². The van der Waals surface area contributed by atoms with Gasteiger partial charge in [0.25, 0.3) is 0 Å². The highest BCUT2D eigenvalue weighted by Crippen LogP contribution is 2.46. The van der Waals surface area contributed by atoms with E-state index in [0.717, 1.165) is 0 Å². The van der Waals surface area contributed by atoms with Crippen LogP contribution >= 0.6 is 0 Å². The van der Waals surface area contributed by atoms with Crippen LogP contribution in [0.15, 0.2) is 18.0 Å². The summed E-state index contributed by atoms with van der Waals surface area (Å²) in [5, 5.41) is 2.50. The quantitative estimate of drug-likeness (QED) is 0.676. The molecule has 9 nitrogen and oxygen atoms in total. The first-order chi connectivity index (χ1) is 11.8. The van der Waals surface area contributed by atoms with Gasteiger partial charge in [-0.05, 0) is 17.7 Å². The Morgan fingerprint density at radius 2 is 1.96 bits per heavy atom. The molecule has 136 valence electrons. The van der Waals surface area contributed by atoms with Crippen molar-refractivity contribution in [3.05, 3.63) is 29.1 Å². The predicted octanol–water partition coefficient (Wildman–Crippen LogP) is -1.25. The number of amides is 1. The van der Waals surface area contributed by atoms with E-state index in [-0.39, 0.29) is 37.0 Å². The van der Waals surface area contributed by atoms with Crippen LogP contribution in [-0.4, -0.2) is 12.7 Å². The minimum absolute atomic E-state index is 0.0142. The van der Waals surface area contributed by atoms with Gasteiger partial charge in [0.1, 0.15) is 4.29 Å². The van der Waals surface area contributed by atoms with Gasteiger partial charge in [-0.3, -0.25) is 10.1 Å². The maximum atomic E-state index is 11.7. The summed E-state index contributed by atoms with van der Waals surface area (Å²) in [6, 6.07) is 3.09. The highest BCUT2D eigenvalue weighted by Gasteiger charge is 2.53. The second-order valence-electron chi connectivity index (χ2n) is 5.37. The van der Waals surface area contributed by atoms with E-state index in [4.69, 9.17) is 18.5 Å². The predicted molar refractivity (Wildman–Crippen MR) is 73.1 cm³/mol. The molecule has 2 aliphatic heterocycles. The molecule has 2 heterocycles. The summed E-state index contributed by atoms with van der Waals surface area (Å²) in [5.41, 5.74) is 0.753. The number of nitrogens with one attached hydrogen (secondary N) is 1. The van der Waals surface area contributed by atoms with E-state index in [0.29, 0.717) is 17.1 Å². The molecule has 0 fully saturated rings. The van der Waals surface area contributed by atoms with Crippen LogP contribution in [0.1, 0.15) is 37.8 Å². The van der Waals surface area contributed by atoms with Crippen molar-refractivity contribution in [3.63, 3.8) is 0 Å². The number of fused-ring (bicyclic) bond motifs is 2. The van der Waals surface area contributed by atoms with Gasteiger partial charge >= 0.3 is 5.79 Å². The molecular formula is C15H16ClNO8. The van der Waals surface area contributed by atoms with E-state index in [1.165, 1.54) is 12.1 Å². The van der Waals surface area contributed by atoms with Crippen LogP contribution in [0.4, 0.5) is 0 Å². The number of ether oxygens (including phenoxy) is 3. The molecule has 1 unspecified atom stereocenters. The fourth-order valence-electron chi connectivity index (χ4n) is 2.62. The van der Waals surface area contributed by atoms with Crippen LogP contribution in [0.25, 0.3) is 6.08 Å². The normalized spacial score (nSPS) is 21.2. The molecule has 1 amide bonds. The van der Waals surface area contributed by atoms with Crippen LogP contribution in [0.3, 0.4) is 0 Å². The van der Waals surface area contributed by atoms with Crippen molar-refractivity contribution in [3.8, 4) is 11.5 Å². The number of carbonyl (C=O) groups excluding carboxylic acids is 1. The fraction of sp³-hybridized carbons (Fsp3) is 0.400. The monoisotopic (exact) mass is 373 g/mol. The first-order valence-corrected chi connectivity index (χ1v) is 8.76. The first-order valence-electron chi connectivity index (χ1n) is 7.52. The van der Waals surface area contributed by atoms with Crippen LogP contribution < -0.4 is 28.8 Å². The third-order valence-corrected chi connectivity index (χ3v) is 4.22. The van der Waals surface area contributed by atoms with E-state index in [9.17, 15) is 18.8 Å². The van der Waals surface area contributed by atoms with E-state index in [1.807, 2.05) is 0 Å². The van der Waals surface area contributed by atoms with Crippen molar-refractivity contribution in [2.24, 2.45) is 0 Å². The molecule has 0 saturated heterocycles. The van der Waals surface area contributed by atoms with Crippen molar-refractivity contribution in [2.45, 2.75) is 32.5 Å². The topological polar surface area (TPSA) is 135 Å². The van der Waals surface area contributed by atoms with Crippen molar-refractivity contribution in [1.29, 1.82) is 0 Å². The van der Waals surface area contributed by atoms with Gasteiger partial charge in [0, 0.05) is 18.9 Å². The van der Waals surface area contributed by atoms with Crippen molar-refractivity contribution >= 4 is 12.0 Å². The zero-order valence-corrected chi connectivity index (χ0v) is 14.3. The SMILES string of the molecule is CCC(=O)NC1=Cc2cc3c(cc2C(CC)(O[Cl+3]([O-])([O-])[O-])O1)OCO3. The number of rotatable bonds is 5. The first kappa shape index (κ1) is 17.8. The highest BCUT2D eigenvalue weighted by atomic mass is 35.7. The van der Waals surface area contributed by atoms with Crippen LogP contribution in [-0.2, 0) is 19.6 Å². The number of halogens is 1. The van der Waals surface area contributed by atoms with Gasteiger partial charge in [0.15, 0.2) is 17.4 Å².